The Morgan fingerprint density at radius 1 is 1.04 bits per heavy atom. The van der Waals surface area contributed by atoms with E-state index in [-0.39, 0.29) is 5.91 Å². The number of para-hydroxylation sites is 2. The molecule has 3 aromatic rings. The van der Waals surface area contributed by atoms with E-state index in [9.17, 15) is 4.79 Å². The number of nitrogens with zero attached hydrogens (tertiary/aromatic N) is 3. The minimum Gasteiger partial charge on any atom is -0.341 e. The number of halogens is 1. The zero-order valence-electron chi connectivity index (χ0n) is 13.3. The Bertz CT molecular complexity index is 879. The van der Waals surface area contributed by atoms with E-state index in [1.807, 2.05) is 58.0 Å². The third-order valence-electron chi connectivity index (χ3n) is 4.51. The molecular weight excluding hydrogens is 366 g/mol. The van der Waals surface area contributed by atoms with Gasteiger partial charge in [-0.3, -0.25) is 4.79 Å². The van der Waals surface area contributed by atoms with Crippen LogP contribution >= 0.6 is 15.9 Å². The van der Waals surface area contributed by atoms with Gasteiger partial charge >= 0.3 is 0 Å². The molecule has 24 heavy (non-hydrogen) atoms. The number of fused-ring (bicyclic) bond motifs is 1. The van der Waals surface area contributed by atoms with Gasteiger partial charge in [0, 0.05) is 23.1 Å². The largest absolute Gasteiger partial charge is 0.341 e. The number of likely N-dealkylation sites (tertiary alicyclic amines) is 1. The zero-order chi connectivity index (χ0) is 16.5. The smallest absolute Gasteiger partial charge is 0.242 e. The molecule has 0 N–H and O–H groups in total. The molecule has 1 fully saturated rings. The molecule has 0 atom stereocenters. The molecule has 1 aliphatic heterocycles. The number of aromatic nitrogens is 2. The topological polar surface area (TPSA) is 38.1 Å². The summed E-state index contributed by atoms with van der Waals surface area (Å²) in [6, 6.07) is 16.1. The van der Waals surface area contributed by atoms with Gasteiger partial charge in [-0.05, 0) is 37.1 Å². The third kappa shape index (κ3) is 2.84. The Labute approximate surface area is 149 Å². The Kier molecular flexibility index (Phi) is 4.10. The van der Waals surface area contributed by atoms with E-state index in [2.05, 4.69) is 15.9 Å². The van der Waals surface area contributed by atoms with Gasteiger partial charge in [0.05, 0.1) is 11.0 Å². The Balaban J connectivity index is 1.78. The standard InChI is InChI=1S/C19H18BrN3O/c20-15-9-7-14(8-10-15)19-21-16-5-1-2-6-17(16)23(19)13-18(24)22-11-3-4-12-22/h1-2,5-10H,3-4,11-13H2. The lowest BCUT2D eigenvalue weighted by Crippen LogP contribution is -2.31. The third-order valence-corrected chi connectivity index (χ3v) is 5.04. The van der Waals surface area contributed by atoms with E-state index in [0.29, 0.717) is 6.54 Å². The molecule has 2 heterocycles. The maximum absolute atomic E-state index is 12.7. The van der Waals surface area contributed by atoms with E-state index in [0.717, 1.165) is 52.8 Å². The van der Waals surface area contributed by atoms with Crippen LogP contribution in [-0.4, -0.2) is 33.4 Å². The number of amides is 1. The van der Waals surface area contributed by atoms with Crippen molar-refractivity contribution in [3.05, 3.63) is 53.0 Å². The quantitative estimate of drug-likeness (QED) is 0.682. The highest BCUT2D eigenvalue weighted by molar-refractivity contribution is 9.10. The lowest BCUT2D eigenvalue weighted by atomic mass is 10.2. The first-order valence-electron chi connectivity index (χ1n) is 8.21. The van der Waals surface area contributed by atoms with Crippen LogP contribution in [0.2, 0.25) is 0 Å². The summed E-state index contributed by atoms with van der Waals surface area (Å²) in [4.78, 5) is 19.4. The molecule has 2 aromatic carbocycles. The second kappa shape index (κ2) is 6.40. The Hall–Kier alpha value is -2.14. The molecule has 0 unspecified atom stereocenters. The van der Waals surface area contributed by atoms with Crippen LogP contribution in [0.4, 0.5) is 0 Å². The van der Waals surface area contributed by atoms with Gasteiger partial charge in [0.1, 0.15) is 12.4 Å². The van der Waals surface area contributed by atoms with Crippen LogP contribution in [0.1, 0.15) is 12.8 Å². The lowest BCUT2D eigenvalue weighted by Gasteiger charge is -2.17. The van der Waals surface area contributed by atoms with E-state index in [1.165, 1.54) is 0 Å². The van der Waals surface area contributed by atoms with Crippen molar-refractivity contribution in [2.24, 2.45) is 0 Å². The van der Waals surface area contributed by atoms with Gasteiger partial charge in [-0.25, -0.2) is 4.98 Å². The molecule has 1 aromatic heterocycles. The van der Waals surface area contributed by atoms with Crippen molar-refractivity contribution >= 4 is 32.9 Å². The minimum atomic E-state index is 0.175. The maximum atomic E-state index is 12.7. The van der Waals surface area contributed by atoms with E-state index in [4.69, 9.17) is 4.98 Å². The van der Waals surface area contributed by atoms with Crippen molar-refractivity contribution in [1.29, 1.82) is 0 Å². The molecule has 122 valence electrons. The molecule has 0 saturated carbocycles. The fraction of sp³-hybridized carbons (Fsp3) is 0.263. The summed E-state index contributed by atoms with van der Waals surface area (Å²) in [6.07, 6.45) is 2.21. The normalized spacial score (nSPS) is 14.5. The van der Waals surface area contributed by atoms with Gasteiger partial charge in [0.25, 0.3) is 0 Å². The fourth-order valence-electron chi connectivity index (χ4n) is 3.26. The SMILES string of the molecule is O=C(Cn1c(-c2ccc(Br)cc2)nc2ccccc21)N1CCCC1. The molecule has 0 spiro atoms. The van der Waals surface area contributed by atoms with Crippen LogP contribution in [0.25, 0.3) is 22.4 Å². The lowest BCUT2D eigenvalue weighted by molar-refractivity contribution is -0.130. The number of carbonyl (C=O) groups is 1. The summed E-state index contributed by atoms with van der Waals surface area (Å²) in [6.45, 7) is 2.09. The summed E-state index contributed by atoms with van der Waals surface area (Å²) in [5.74, 6) is 1.02. The first-order chi connectivity index (χ1) is 11.7. The highest BCUT2D eigenvalue weighted by atomic mass is 79.9. The molecule has 0 aliphatic carbocycles. The summed E-state index contributed by atoms with van der Waals surface area (Å²) < 4.78 is 3.07. The van der Waals surface area contributed by atoms with Gasteiger partial charge < -0.3 is 9.47 Å². The number of hydrogen-bond donors (Lipinski definition) is 0. The van der Waals surface area contributed by atoms with Gasteiger partial charge in [0.2, 0.25) is 5.91 Å². The summed E-state index contributed by atoms with van der Waals surface area (Å²) in [7, 11) is 0. The van der Waals surface area contributed by atoms with Gasteiger partial charge in [0.15, 0.2) is 0 Å². The molecule has 4 nitrogen and oxygen atoms in total. The summed E-state index contributed by atoms with van der Waals surface area (Å²) in [5, 5.41) is 0. The Morgan fingerprint density at radius 3 is 2.50 bits per heavy atom. The van der Waals surface area contributed by atoms with Crippen LogP contribution in [-0.2, 0) is 11.3 Å². The van der Waals surface area contributed by atoms with Crippen molar-refractivity contribution in [3.63, 3.8) is 0 Å². The van der Waals surface area contributed by atoms with Crippen molar-refractivity contribution in [2.75, 3.05) is 13.1 Å². The number of rotatable bonds is 3. The van der Waals surface area contributed by atoms with Crippen LogP contribution in [0, 0.1) is 0 Å². The van der Waals surface area contributed by atoms with E-state index < -0.39 is 0 Å². The van der Waals surface area contributed by atoms with Gasteiger partial charge in [-0.15, -0.1) is 0 Å². The predicted molar refractivity (Wildman–Crippen MR) is 98.7 cm³/mol. The molecular formula is C19H18BrN3O. The van der Waals surface area contributed by atoms with E-state index >= 15 is 0 Å². The van der Waals surface area contributed by atoms with Gasteiger partial charge in [-0.2, -0.15) is 0 Å². The predicted octanol–water partition coefficient (Wildman–Crippen LogP) is 4.09. The number of carbonyl (C=O) groups excluding carboxylic acids is 1. The van der Waals surface area contributed by atoms with Crippen LogP contribution < -0.4 is 0 Å². The highest BCUT2D eigenvalue weighted by Gasteiger charge is 2.21. The van der Waals surface area contributed by atoms with Crippen molar-refractivity contribution in [2.45, 2.75) is 19.4 Å². The molecule has 0 radical (unpaired) electrons. The molecule has 1 saturated heterocycles. The maximum Gasteiger partial charge on any atom is 0.242 e. The van der Waals surface area contributed by atoms with Crippen LogP contribution in [0.5, 0.6) is 0 Å². The summed E-state index contributed by atoms with van der Waals surface area (Å²) in [5.41, 5.74) is 2.94. The van der Waals surface area contributed by atoms with Crippen molar-refractivity contribution in [1.82, 2.24) is 14.5 Å². The molecule has 1 aliphatic rings. The average Bonchev–Trinajstić information content (AvgIpc) is 3.24. The fourth-order valence-corrected chi connectivity index (χ4v) is 3.52. The van der Waals surface area contributed by atoms with Crippen molar-refractivity contribution < 1.29 is 4.79 Å². The zero-order valence-corrected chi connectivity index (χ0v) is 14.9. The molecule has 5 heteroatoms. The molecule has 1 amide bonds. The molecule has 0 bridgehead atoms. The highest BCUT2D eigenvalue weighted by Crippen LogP contribution is 2.26. The number of hydrogen-bond acceptors (Lipinski definition) is 2. The number of imidazole rings is 1. The monoisotopic (exact) mass is 383 g/mol. The van der Waals surface area contributed by atoms with Crippen LogP contribution in [0.15, 0.2) is 53.0 Å². The first-order valence-corrected chi connectivity index (χ1v) is 9.01. The minimum absolute atomic E-state index is 0.175. The number of benzene rings is 2. The van der Waals surface area contributed by atoms with Crippen molar-refractivity contribution in [3.8, 4) is 11.4 Å². The summed E-state index contributed by atoms with van der Waals surface area (Å²) >= 11 is 3.47. The Morgan fingerprint density at radius 2 is 1.75 bits per heavy atom. The molecule has 4 rings (SSSR count). The second-order valence-electron chi connectivity index (χ2n) is 6.11. The first kappa shape index (κ1) is 15.4. The second-order valence-corrected chi connectivity index (χ2v) is 7.02. The average molecular weight is 384 g/mol. The van der Waals surface area contributed by atoms with E-state index in [1.54, 1.807) is 0 Å². The van der Waals surface area contributed by atoms with Crippen LogP contribution in [0.3, 0.4) is 0 Å². The van der Waals surface area contributed by atoms with Gasteiger partial charge in [-0.1, -0.05) is 40.2 Å².